The fraction of sp³-hybridized carbons (Fsp3) is 0.211. The van der Waals surface area contributed by atoms with Gasteiger partial charge in [0.05, 0.1) is 24.8 Å². The molecule has 2 aromatic rings. The second-order valence-corrected chi connectivity index (χ2v) is 8.08. The van der Waals surface area contributed by atoms with Crippen molar-refractivity contribution in [1.82, 2.24) is 9.73 Å². The number of carbonyl (C=O) groups excluding carboxylic acids is 2. The van der Waals surface area contributed by atoms with Crippen molar-refractivity contribution in [2.24, 2.45) is 5.10 Å². The molecule has 29 heavy (non-hydrogen) atoms. The zero-order valence-corrected chi connectivity index (χ0v) is 17.1. The van der Waals surface area contributed by atoms with E-state index in [-0.39, 0.29) is 10.8 Å². The van der Waals surface area contributed by atoms with E-state index < -0.39 is 22.5 Å². The van der Waals surface area contributed by atoms with Crippen LogP contribution < -0.4 is 15.5 Å². The van der Waals surface area contributed by atoms with E-state index in [0.717, 1.165) is 4.31 Å². The van der Waals surface area contributed by atoms with Crippen LogP contribution in [0.5, 0.6) is 5.75 Å². The molecule has 0 unspecified atom stereocenters. The molecule has 0 saturated heterocycles. The van der Waals surface area contributed by atoms with Gasteiger partial charge in [-0.05, 0) is 42.0 Å². The summed E-state index contributed by atoms with van der Waals surface area (Å²) in [6.07, 6.45) is 1.43. The standard InChI is InChI=1S/C19H22N4O5S/c1-14(24)21-16-7-9-18(10-8-16)29(26,27)23(2)13-19(25)22-20-12-15-5-4-6-17(11-15)28-3/h4-12H,13H2,1-3H3,(H,21,24)(H,22,25)/b20-12+. The molecule has 0 saturated carbocycles. The highest BCUT2D eigenvalue weighted by molar-refractivity contribution is 7.89. The number of sulfonamides is 1. The molecule has 0 atom stereocenters. The van der Waals surface area contributed by atoms with Crippen molar-refractivity contribution >= 4 is 33.7 Å². The fourth-order valence-electron chi connectivity index (χ4n) is 2.32. The molecule has 0 radical (unpaired) electrons. The minimum atomic E-state index is -3.87. The minimum absolute atomic E-state index is 0.00165. The normalized spacial score (nSPS) is 11.4. The van der Waals surface area contributed by atoms with Crippen LogP contribution in [0.3, 0.4) is 0 Å². The lowest BCUT2D eigenvalue weighted by Crippen LogP contribution is -2.36. The molecule has 10 heteroatoms. The van der Waals surface area contributed by atoms with E-state index in [0.29, 0.717) is 17.0 Å². The lowest BCUT2D eigenvalue weighted by molar-refractivity contribution is -0.121. The quantitative estimate of drug-likeness (QED) is 0.497. The van der Waals surface area contributed by atoms with Gasteiger partial charge in [-0.1, -0.05) is 12.1 Å². The number of hydrogen-bond donors (Lipinski definition) is 2. The Balaban J connectivity index is 1.96. The number of methoxy groups -OCH3 is 1. The Hall–Kier alpha value is -3.24. The fourth-order valence-corrected chi connectivity index (χ4v) is 3.44. The molecule has 2 aromatic carbocycles. The monoisotopic (exact) mass is 418 g/mol. The topological polar surface area (TPSA) is 117 Å². The summed E-state index contributed by atoms with van der Waals surface area (Å²) in [5, 5.41) is 6.38. The van der Waals surface area contributed by atoms with Crippen LogP contribution in [-0.4, -0.2) is 51.5 Å². The van der Waals surface area contributed by atoms with Crippen LogP contribution in [0.25, 0.3) is 0 Å². The lowest BCUT2D eigenvalue weighted by Gasteiger charge is -2.16. The van der Waals surface area contributed by atoms with E-state index in [1.54, 1.807) is 31.4 Å². The van der Waals surface area contributed by atoms with Gasteiger partial charge in [0, 0.05) is 19.7 Å². The summed E-state index contributed by atoms with van der Waals surface area (Å²) >= 11 is 0. The number of carbonyl (C=O) groups is 2. The van der Waals surface area contributed by atoms with Crippen molar-refractivity contribution in [3.63, 3.8) is 0 Å². The molecule has 0 aromatic heterocycles. The number of hydrazone groups is 1. The Morgan fingerprint density at radius 2 is 1.86 bits per heavy atom. The maximum atomic E-state index is 12.6. The van der Waals surface area contributed by atoms with E-state index in [1.165, 1.54) is 44.5 Å². The summed E-state index contributed by atoms with van der Waals surface area (Å²) in [6, 6.07) is 12.7. The molecule has 2 N–H and O–H groups in total. The first-order chi connectivity index (χ1) is 13.7. The van der Waals surface area contributed by atoms with Crippen molar-refractivity contribution in [3.05, 3.63) is 54.1 Å². The van der Waals surface area contributed by atoms with Gasteiger partial charge in [-0.25, -0.2) is 13.8 Å². The van der Waals surface area contributed by atoms with Crippen molar-refractivity contribution in [2.45, 2.75) is 11.8 Å². The van der Waals surface area contributed by atoms with Gasteiger partial charge < -0.3 is 10.1 Å². The second kappa shape index (κ2) is 9.80. The number of amides is 2. The Bertz CT molecular complexity index is 1000. The molecule has 9 nitrogen and oxygen atoms in total. The Labute approximate surface area is 169 Å². The minimum Gasteiger partial charge on any atom is -0.497 e. The zero-order chi connectivity index (χ0) is 21.4. The van der Waals surface area contributed by atoms with Crippen LogP contribution in [0.4, 0.5) is 5.69 Å². The predicted molar refractivity (Wildman–Crippen MR) is 109 cm³/mol. The van der Waals surface area contributed by atoms with Gasteiger partial charge >= 0.3 is 0 Å². The molecule has 0 aliphatic rings. The average molecular weight is 418 g/mol. The van der Waals surface area contributed by atoms with Crippen molar-refractivity contribution in [2.75, 3.05) is 26.0 Å². The number of ether oxygens (including phenoxy) is 1. The van der Waals surface area contributed by atoms with Crippen LogP contribution >= 0.6 is 0 Å². The smallest absolute Gasteiger partial charge is 0.255 e. The number of likely N-dealkylation sites (N-methyl/N-ethyl adjacent to an activating group) is 1. The van der Waals surface area contributed by atoms with Gasteiger partial charge in [-0.2, -0.15) is 9.41 Å². The van der Waals surface area contributed by atoms with Crippen LogP contribution in [0.15, 0.2) is 58.5 Å². The number of rotatable bonds is 8. The summed E-state index contributed by atoms with van der Waals surface area (Å²) in [6.45, 7) is 0.944. The molecule has 2 amide bonds. The van der Waals surface area contributed by atoms with E-state index in [4.69, 9.17) is 4.74 Å². The third-order valence-corrected chi connectivity index (χ3v) is 5.56. The van der Waals surface area contributed by atoms with Crippen LogP contribution in [-0.2, 0) is 19.6 Å². The van der Waals surface area contributed by atoms with E-state index in [2.05, 4.69) is 15.8 Å². The summed E-state index contributed by atoms with van der Waals surface area (Å²) in [5.41, 5.74) is 3.48. The van der Waals surface area contributed by atoms with Crippen molar-refractivity contribution in [1.29, 1.82) is 0 Å². The number of nitrogens with zero attached hydrogens (tertiary/aromatic N) is 2. The molecular formula is C19H22N4O5S. The Morgan fingerprint density at radius 1 is 1.17 bits per heavy atom. The maximum absolute atomic E-state index is 12.6. The van der Waals surface area contributed by atoms with Gasteiger partial charge in [0.15, 0.2) is 0 Å². The first-order valence-electron chi connectivity index (χ1n) is 8.52. The van der Waals surface area contributed by atoms with E-state index in [1.807, 2.05) is 0 Å². The molecule has 0 fully saturated rings. The largest absolute Gasteiger partial charge is 0.497 e. The maximum Gasteiger partial charge on any atom is 0.255 e. The average Bonchev–Trinajstić information content (AvgIpc) is 2.68. The predicted octanol–water partition coefficient (Wildman–Crippen LogP) is 1.42. The number of hydrogen-bond acceptors (Lipinski definition) is 6. The summed E-state index contributed by atoms with van der Waals surface area (Å²) in [5.74, 6) is -0.204. The Kier molecular flexibility index (Phi) is 7.46. The molecule has 0 bridgehead atoms. The molecule has 0 aliphatic heterocycles. The van der Waals surface area contributed by atoms with E-state index >= 15 is 0 Å². The van der Waals surface area contributed by atoms with E-state index in [9.17, 15) is 18.0 Å². The third kappa shape index (κ3) is 6.40. The molecule has 154 valence electrons. The molecule has 2 rings (SSSR count). The van der Waals surface area contributed by atoms with Crippen molar-refractivity contribution in [3.8, 4) is 5.75 Å². The highest BCUT2D eigenvalue weighted by atomic mass is 32.2. The van der Waals surface area contributed by atoms with Crippen LogP contribution in [0.2, 0.25) is 0 Å². The Morgan fingerprint density at radius 3 is 2.48 bits per heavy atom. The van der Waals surface area contributed by atoms with Gasteiger partial charge in [-0.3, -0.25) is 9.59 Å². The van der Waals surface area contributed by atoms with Crippen molar-refractivity contribution < 1.29 is 22.7 Å². The lowest BCUT2D eigenvalue weighted by atomic mass is 10.2. The zero-order valence-electron chi connectivity index (χ0n) is 16.2. The highest BCUT2D eigenvalue weighted by Crippen LogP contribution is 2.17. The first-order valence-corrected chi connectivity index (χ1v) is 9.96. The van der Waals surface area contributed by atoms with Gasteiger partial charge in [0.25, 0.3) is 5.91 Å². The summed E-state index contributed by atoms with van der Waals surface area (Å²) in [4.78, 5) is 23.1. The molecule has 0 aliphatic carbocycles. The molecule has 0 spiro atoms. The van der Waals surface area contributed by atoms with Crippen LogP contribution in [0.1, 0.15) is 12.5 Å². The number of anilines is 1. The van der Waals surface area contributed by atoms with Gasteiger partial charge in [-0.15, -0.1) is 0 Å². The summed E-state index contributed by atoms with van der Waals surface area (Å²) in [7, 11) is -1.04. The third-order valence-electron chi connectivity index (χ3n) is 3.75. The van der Waals surface area contributed by atoms with Crippen LogP contribution in [0, 0.1) is 0 Å². The second-order valence-electron chi connectivity index (χ2n) is 6.04. The summed E-state index contributed by atoms with van der Waals surface area (Å²) < 4.78 is 31.2. The molecule has 0 heterocycles. The number of benzene rings is 2. The number of nitrogens with one attached hydrogen (secondary N) is 2. The van der Waals surface area contributed by atoms with Gasteiger partial charge in [0.2, 0.25) is 15.9 Å². The first kappa shape index (κ1) is 22.1. The molecular weight excluding hydrogens is 396 g/mol. The van der Waals surface area contributed by atoms with Gasteiger partial charge in [0.1, 0.15) is 5.75 Å². The SMILES string of the molecule is COc1cccc(/C=N/NC(=O)CN(C)S(=O)(=O)c2ccc(NC(C)=O)cc2)c1. The highest BCUT2D eigenvalue weighted by Gasteiger charge is 2.22.